The molecule has 3 aromatic rings. The van der Waals surface area contributed by atoms with Crippen molar-refractivity contribution in [3.8, 4) is 11.4 Å². The summed E-state index contributed by atoms with van der Waals surface area (Å²) in [5, 5.41) is 23.2. The van der Waals surface area contributed by atoms with Crippen LogP contribution in [-0.2, 0) is 6.54 Å². The number of tetrazole rings is 1. The molecule has 0 bridgehead atoms. The number of anilines is 3. The molecule has 12 nitrogen and oxygen atoms in total. The van der Waals surface area contributed by atoms with E-state index in [0.29, 0.717) is 23.2 Å². The second kappa shape index (κ2) is 10.1. The van der Waals surface area contributed by atoms with Crippen LogP contribution in [0.3, 0.4) is 0 Å². The fraction of sp³-hybridized carbons (Fsp3) is 0.542. The maximum Gasteiger partial charge on any atom is 0.368 e. The molecule has 2 atom stereocenters. The van der Waals surface area contributed by atoms with Crippen molar-refractivity contribution in [3.05, 3.63) is 40.7 Å². The van der Waals surface area contributed by atoms with Crippen molar-refractivity contribution in [1.82, 2.24) is 34.7 Å². The quantitative estimate of drug-likeness (QED) is 0.410. The van der Waals surface area contributed by atoms with E-state index in [1.165, 1.54) is 13.5 Å². The molecule has 4 heterocycles. The third-order valence-electron chi connectivity index (χ3n) is 7.16. The van der Waals surface area contributed by atoms with Crippen molar-refractivity contribution in [2.75, 3.05) is 30.9 Å². The van der Waals surface area contributed by atoms with Gasteiger partial charge in [0.2, 0.25) is 5.95 Å². The normalized spacial score (nSPS) is 21.0. The molecule has 2 aromatic heterocycles. The summed E-state index contributed by atoms with van der Waals surface area (Å²) in [6, 6.07) is 5.63. The number of methoxy groups -OCH3 is 1. The minimum atomic E-state index is -0.523. The van der Waals surface area contributed by atoms with Crippen LogP contribution in [0.2, 0.25) is 0 Å². The number of nitrogens with one attached hydrogen (secondary N) is 2. The Morgan fingerprint density at radius 3 is 2.92 bits per heavy atom. The number of hydrogen-bond acceptors (Lipinski definition) is 10. The van der Waals surface area contributed by atoms with E-state index >= 15 is 0 Å². The molecular formula is C24H32FN9O3. The Labute approximate surface area is 213 Å². The van der Waals surface area contributed by atoms with Gasteiger partial charge in [-0.05, 0) is 74.7 Å². The Hall–Kier alpha value is -3.58. The molecular weight excluding hydrogens is 481 g/mol. The summed E-state index contributed by atoms with van der Waals surface area (Å²) in [7, 11) is 1.48. The van der Waals surface area contributed by atoms with Crippen molar-refractivity contribution in [2.24, 2.45) is 0 Å². The van der Waals surface area contributed by atoms with Crippen molar-refractivity contribution in [3.63, 3.8) is 0 Å². The van der Waals surface area contributed by atoms with Crippen molar-refractivity contribution < 1.29 is 14.2 Å². The lowest BCUT2D eigenvalue weighted by Crippen LogP contribution is -2.55. The van der Waals surface area contributed by atoms with Gasteiger partial charge in [0.25, 0.3) is 0 Å². The van der Waals surface area contributed by atoms with Gasteiger partial charge in [-0.2, -0.15) is 14.3 Å². The van der Waals surface area contributed by atoms with E-state index in [0.717, 1.165) is 41.4 Å². The lowest BCUT2D eigenvalue weighted by Gasteiger charge is -2.47. The molecule has 2 aliphatic rings. The zero-order valence-corrected chi connectivity index (χ0v) is 21.2. The molecule has 0 radical (unpaired) electrons. The number of aromatic nitrogens is 6. The minimum Gasteiger partial charge on any atom is -0.494 e. The van der Waals surface area contributed by atoms with Gasteiger partial charge in [0.05, 0.1) is 26.5 Å². The average molecular weight is 514 g/mol. The highest BCUT2D eigenvalue weighted by atomic mass is 19.1. The van der Waals surface area contributed by atoms with Crippen molar-refractivity contribution in [1.29, 1.82) is 0 Å². The first kappa shape index (κ1) is 25.1. The number of halogens is 1. The van der Waals surface area contributed by atoms with Crippen molar-refractivity contribution >= 4 is 17.5 Å². The van der Waals surface area contributed by atoms with Crippen LogP contribution >= 0.6 is 0 Å². The summed E-state index contributed by atoms with van der Waals surface area (Å²) in [5.41, 5.74) is 0.397. The van der Waals surface area contributed by atoms with E-state index in [-0.39, 0.29) is 36.5 Å². The molecule has 37 heavy (non-hydrogen) atoms. The third-order valence-corrected chi connectivity index (χ3v) is 7.16. The molecule has 0 spiro atoms. The van der Waals surface area contributed by atoms with Crippen LogP contribution in [0.1, 0.15) is 39.5 Å². The minimum absolute atomic E-state index is 0.0231. The lowest BCUT2D eigenvalue weighted by molar-refractivity contribution is 0.0500. The molecule has 3 N–H and O–H groups in total. The number of benzene rings is 1. The zero-order valence-electron chi connectivity index (χ0n) is 21.2. The zero-order chi connectivity index (χ0) is 26.2. The molecule has 198 valence electrons. The van der Waals surface area contributed by atoms with Gasteiger partial charge in [-0.15, -0.1) is 0 Å². The van der Waals surface area contributed by atoms with Crippen LogP contribution in [0.4, 0.5) is 21.8 Å². The molecule has 2 saturated heterocycles. The first-order valence-electron chi connectivity index (χ1n) is 12.4. The molecule has 0 amide bonds. The molecule has 13 heteroatoms. The second-order valence-electron chi connectivity index (χ2n) is 10.1. The van der Waals surface area contributed by atoms with Crippen LogP contribution in [0.5, 0.6) is 5.75 Å². The van der Waals surface area contributed by atoms with Gasteiger partial charge >= 0.3 is 5.69 Å². The number of fused-ring (bicyclic) bond motifs is 1. The molecule has 5 rings (SSSR count). The summed E-state index contributed by atoms with van der Waals surface area (Å²) in [6.45, 7) is 5.39. The molecule has 2 aliphatic heterocycles. The first-order chi connectivity index (χ1) is 17.8. The summed E-state index contributed by atoms with van der Waals surface area (Å²) in [5.74, 6) is 0.238. The number of piperidine rings is 1. The van der Waals surface area contributed by atoms with E-state index in [2.05, 4.69) is 49.8 Å². The van der Waals surface area contributed by atoms with Crippen LogP contribution in [0, 0.1) is 5.82 Å². The SMILES string of the molecule is COc1ccc(Nc2ncc(F)c(N[C@@H]3C[C@@H]4CCCN4C(C)(C)C3)n2)cc1-n1nnn(CCO)c1=O. The monoisotopic (exact) mass is 513 g/mol. The van der Waals surface area contributed by atoms with Gasteiger partial charge in [-0.3, -0.25) is 4.90 Å². The standard InChI is InChI=1S/C24H32FN9O3/c1-24(2)13-16(11-17-5-4-8-32(17)24)27-21-18(25)14-26-22(29-21)28-15-6-7-20(37-3)19(12-15)34-23(36)33(9-10-35)30-31-34/h6-7,12,14,16-17,35H,4-5,8-11,13H2,1-3H3,(H2,26,27,28,29)/t16-,17+/m1/s1. The van der Waals surface area contributed by atoms with Crippen molar-refractivity contribution in [2.45, 2.75) is 63.7 Å². The molecule has 2 fully saturated rings. The van der Waals surface area contributed by atoms with E-state index in [1.54, 1.807) is 18.2 Å². The Morgan fingerprint density at radius 2 is 2.14 bits per heavy atom. The Balaban J connectivity index is 1.37. The Kier molecular flexibility index (Phi) is 6.82. The molecule has 0 saturated carbocycles. The van der Waals surface area contributed by atoms with Gasteiger partial charge in [0.15, 0.2) is 11.6 Å². The van der Waals surface area contributed by atoms with Gasteiger partial charge < -0.3 is 20.5 Å². The summed E-state index contributed by atoms with van der Waals surface area (Å²) < 4.78 is 22.2. The van der Waals surface area contributed by atoms with Gasteiger partial charge in [-0.25, -0.2) is 14.2 Å². The number of aliphatic hydroxyl groups is 1. The van der Waals surface area contributed by atoms with Crippen LogP contribution < -0.4 is 21.1 Å². The van der Waals surface area contributed by atoms with Crippen LogP contribution in [-0.4, -0.2) is 77.6 Å². The largest absolute Gasteiger partial charge is 0.494 e. The highest BCUT2D eigenvalue weighted by Gasteiger charge is 2.43. The van der Waals surface area contributed by atoms with Gasteiger partial charge in [0, 0.05) is 23.3 Å². The first-order valence-corrected chi connectivity index (χ1v) is 12.4. The number of aliphatic hydroxyl groups excluding tert-OH is 1. The van der Waals surface area contributed by atoms with E-state index in [4.69, 9.17) is 9.84 Å². The van der Waals surface area contributed by atoms with Gasteiger partial charge in [0.1, 0.15) is 11.4 Å². The lowest BCUT2D eigenvalue weighted by atomic mass is 9.84. The average Bonchev–Trinajstić information content (AvgIpc) is 3.49. The number of hydrogen-bond donors (Lipinski definition) is 3. The maximum atomic E-state index is 14.7. The molecule has 0 unspecified atom stereocenters. The second-order valence-corrected chi connectivity index (χ2v) is 10.1. The predicted octanol–water partition coefficient (Wildman–Crippen LogP) is 1.92. The van der Waals surface area contributed by atoms with Crippen LogP contribution in [0.25, 0.3) is 5.69 Å². The number of rotatable bonds is 8. The summed E-state index contributed by atoms with van der Waals surface area (Å²) >= 11 is 0. The Bertz CT molecular complexity index is 1330. The number of nitrogens with zero attached hydrogens (tertiary/aromatic N) is 7. The maximum absolute atomic E-state index is 14.7. The van der Waals surface area contributed by atoms with Gasteiger partial charge in [-0.1, -0.05) is 0 Å². The van der Waals surface area contributed by atoms with E-state index in [1.807, 2.05) is 0 Å². The number of ether oxygens (including phenoxy) is 1. The van der Waals surface area contributed by atoms with Crippen LogP contribution in [0.15, 0.2) is 29.2 Å². The predicted molar refractivity (Wildman–Crippen MR) is 135 cm³/mol. The Morgan fingerprint density at radius 1 is 1.30 bits per heavy atom. The fourth-order valence-corrected chi connectivity index (χ4v) is 5.56. The third kappa shape index (κ3) is 5.01. The summed E-state index contributed by atoms with van der Waals surface area (Å²) in [6.07, 6.45) is 5.34. The smallest absolute Gasteiger partial charge is 0.368 e. The molecule has 0 aliphatic carbocycles. The van der Waals surface area contributed by atoms with E-state index in [9.17, 15) is 9.18 Å². The summed E-state index contributed by atoms with van der Waals surface area (Å²) in [4.78, 5) is 23.7. The highest BCUT2D eigenvalue weighted by molar-refractivity contribution is 5.62. The molecule has 1 aromatic carbocycles. The fourth-order valence-electron chi connectivity index (χ4n) is 5.56. The topological polar surface area (TPSA) is 135 Å². The van der Waals surface area contributed by atoms with E-state index < -0.39 is 11.5 Å². The highest BCUT2D eigenvalue weighted by Crippen LogP contribution is 2.38.